The largest absolute Gasteiger partial charge is 0.337 e. The number of carbonyl (C=O) groups is 1. The monoisotopic (exact) mass is 370 g/mol. The van der Waals surface area contributed by atoms with Gasteiger partial charge in [-0.1, -0.05) is 43.6 Å². The molecule has 134 valence electrons. The molecule has 1 aliphatic heterocycles. The van der Waals surface area contributed by atoms with Crippen molar-refractivity contribution in [1.29, 1.82) is 0 Å². The highest BCUT2D eigenvalue weighted by Crippen LogP contribution is 2.27. The third-order valence-corrected chi connectivity index (χ3v) is 5.06. The fourth-order valence-corrected chi connectivity index (χ4v) is 3.59. The minimum Gasteiger partial charge on any atom is -0.337 e. The molecule has 0 saturated carbocycles. The molecule has 0 fully saturated rings. The number of carbonyl (C=O) groups excluding carboxylic acids is 1. The van der Waals surface area contributed by atoms with Gasteiger partial charge in [0.2, 0.25) is 5.91 Å². The van der Waals surface area contributed by atoms with E-state index >= 15 is 0 Å². The Labute approximate surface area is 155 Å². The first-order valence-electron chi connectivity index (χ1n) is 8.63. The van der Waals surface area contributed by atoms with Crippen LogP contribution < -0.4 is 5.56 Å². The van der Waals surface area contributed by atoms with Gasteiger partial charge < -0.3 is 4.90 Å². The molecule has 0 spiro atoms. The molecule has 3 heterocycles. The number of fused-ring (bicyclic) bond motifs is 2. The number of halogens is 1. The molecule has 2 aromatic heterocycles. The van der Waals surface area contributed by atoms with Crippen LogP contribution >= 0.6 is 11.6 Å². The fraction of sp³-hybridized carbons (Fsp3) is 0.316. The molecule has 1 amide bonds. The van der Waals surface area contributed by atoms with Crippen molar-refractivity contribution in [3.63, 3.8) is 0 Å². The van der Waals surface area contributed by atoms with Crippen LogP contribution in [-0.2, 0) is 17.8 Å². The molecule has 1 aliphatic rings. The molecule has 0 radical (unpaired) electrons. The van der Waals surface area contributed by atoms with Crippen LogP contribution in [0.5, 0.6) is 0 Å². The zero-order valence-electron chi connectivity index (χ0n) is 14.6. The fourth-order valence-electron chi connectivity index (χ4n) is 3.35. The van der Waals surface area contributed by atoms with Crippen molar-refractivity contribution in [1.82, 2.24) is 19.5 Å². The van der Waals surface area contributed by atoms with Crippen LogP contribution in [0.4, 0.5) is 0 Å². The quantitative estimate of drug-likeness (QED) is 0.754. The lowest BCUT2D eigenvalue weighted by Crippen LogP contribution is -2.41. The van der Waals surface area contributed by atoms with Crippen LogP contribution in [0.25, 0.3) is 16.9 Å². The Hall–Kier alpha value is -2.60. The van der Waals surface area contributed by atoms with E-state index in [9.17, 15) is 9.59 Å². The third kappa shape index (κ3) is 2.70. The Morgan fingerprint density at radius 2 is 2.08 bits per heavy atom. The van der Waals surface area contributed by atoms with Crippen LogP contribution in [0, 0.1) is 5.92 Å². The van der Waals surface area contributed by atoms with Crippen LogP contribution in [0.3, 0.4) is 0 Å². The molecule has 0 atom stereocenters. The molecule has 7 heteroatoms. The number of aromatic nitrogens is 3. The number of benzene rings is 1. The number of nitrogens with zero attached hydrogens (tertiary/aromatic N) is 3. The van der Waals surface area contributed by atoms with Crippen molar-refractivity contribution in [2.75, 3.05) is 6.54 Å². The molecule has 1 aromatic carbocycles. The number of amides is 1. The lowest BCUT2D eigenvalue weighted by molar-refractivity contribution is -0.135. The molecule has 6 nitrogen and oxygen atoms in total. The van der Waals surface area contributed by atoms with E-state index in [1.807, 2.05) is 38.1 Å². The minimum absolute atomic E-state index is 0.0587. The van der Waals surface area contributed by atoms with Gasteiger partial charge in [0.25, 0.3) is 5.56 Å². The highest BCUT2D eigenvalue weighted by atomic mass is 35.5. The Morgan fingerprint density at radius 1 is 1.31 bits per heavy atom. The first-order chi connectivity index (χ1) is 12.5. The van der Waals surface area contributed by atoms with Crippen LogP contribution in [0.2, 0.25) is 5.02 Å². The first-order valence-corrected chi connectivity index (χ1v) is 9.00. The molecular weight excluding hydrogens is 352 g/mol. The summed E-state index contributed by atoms with van der Waals surface area (Å²) in [4.78, 5) is 31.6. The van der Waals surface area contributed by atoms with Crippen LogP contribution in [0.1, 0.15) is 25.1 Å². The summed E-state index contributed by atoms with van der Waals surface area (Å²) >= 11 is 6.26. The standard InChI is InChI=1S/C19H19ClN4O2/c1-11(2)18(25)23-8-7-15-13(10-23)19(26)24-17(21-15)9-16(22-24)12-5-3-4-6-14(12)20/h3-6,9,11,22H,7-8,10H2,1-2H3. The summed E-state index contributed by atoms with van der Waals surface area (Å²) < 4.78 is 1.43. The average Bonchev–Trinajstić information content (AvgIpc) is 3.05. The van der Waals surface area contributed by atoms with Crippen LogP contribution in [0.15, 0.2) is 35.1 Å². The van der Waals surface area contributed by atoms with Gasteiger partial charge in [-0.3, -0.25) is 14.7 Å². The predicted molar refractivity (Wildman–Crippen MR) is 100 cm³/mol. The second kappa shape index (κ2) is 6.29. The maximum atomic E-state index is 13.0. The van der Waals surface area contributed by atoms with Gasteiger partial charge in [0.05, 0.1) is 23.5 Å². The summed E-state index contributed by atoms with van der Waals surface area (Å²) in [5.74, 6) is -0.0308. The van der Waals surface area contributed by atoms with Gasteiger partial charge in [-0.25, -0.2) is 9.50 Å². The normalized spacial score (nSPS) is 14.1. The summed E-state index contributed by atoms with van der Waals surface area (Å²) in [6, 6.07) is 9.27. The number of hydrogen-bond donors (Lipinski definition) is 1. The van der Waals surface area contributed by atoms with E-state index in [4.69, 9.17) is 11.6 Å². The predicted octanol–water partition coefficient (Wildman–Crippen LogP) is 2.88. The Bertz CT molecular complexity index is 1070. The van der Waals surface area contributed by atoms with Gasteiger partial charge in [-0.2, -0.15) is 0 Å². The van der Waals surface area contributed by atoms with E-state index in [1.54, 1.807) is 11.0 Å². The van der Waals surface area contributed by atoms with Crippen molar-refractivity contribution in [2.24, 2.45) is 5.92 Å². The van der Waals surface area contributed by atoms with E-state index in [-0.39, 0.29) is 17.4 Å². The lowest BCUT2D eigenvalue weighted by Gasteiger charge is -2.29. The van der Waals surface area contributed by atoms with E-state index in [0.717, 1.165) is 17.0 Å². The SMILES string of the molecule is CC(C)C(=O)N1CCc2nc3cc(-c4ccccc4Cl)[nH]n3c(=O)c2C1. The number of nitrogens with one attached hydrogen (secondary N) is 1. The Kier molecular flexibility index (Phi) is 4.07. The van der Waals surface area contributed by atoms with Gasteiger partial charge in [-0.05, 0) is 6.07 Å². The molecule has 0 bridgehead atoms. The van der Waals surface area contributed by atoms with Gasteiger partial charge in [0.15, 0.2) is 5.65 Å². The maximum absolute atomic E-state index is 13.0. The molecule has 26 heavy (non-hydrogen) atoms. The summed E-state index contributed by atoms with van der Waals surface area (Å²) in [6.07, 6.45) is 0.589. The van der Waals surface area contributed by atoms with E-state index in [1.165, 1.54) is 4.52 Å². The van der Waals surface area contributed by atoms with Crippen LogP contribution in [-0.4, -0.2) is 31.9 Å². The Balaban J connectivity index is 1.80. The van der Waals surface area contributed by atoms with Crippen molar-refractivity contribution < 1.29 is 4.79 Å². The highest BCUT2D eigenvalue weighted by Gasteiger charge is 2.26. The Morgan fingerprint density at radius 3 is 2.81 bits per heavy atom. The zero-order chi connectivity index (χ0) is 18.4. The second-order valence-electron chi connectivity index (χ2n) is 6.85. The van der Waals surface area contributed by atoms with Gasteiger partial charge in [0, 0.05) is 35.5 Å². The van der Waals surface area contributed by atoms with Gasteiger partial charge in [-0.15, -0.1) is 0 Å². The van der Waals surface area contributed by atoms with Crippen molar-refractivity contribution in [2.45, 2.75) is 26.8 Å². The van der Waals surface area contributed by atoms with E-state index in [0.29, 0.717) is 35.7 Å². The molecule has 4 rings (SSSR count). The van der Waals surface area contributed by atoms with Crippen molar-refractivity contribution >= 4 is 23.2 Å². The van der Waals surface area contributed by atoms with Crippen molar-refractivity contribution in [3.05, 3.63) is 57.0 Å². The summed E-state index contributed by atoms with van der Waals surface area (Å²) in [7, 11) is 0. The summed E-state index contributed by atoms with van der Waals surface area (Å²) in [5, 5.41) is 3.69. The van der Waals surface area contributed by atoms with Crippen molar-refractivity contribution in [3.8, 4) is 11.3 Å². The second-order valence-corrected chi connectivity index (χ2v) is 7.26. The number of aromatic amines is 1. The molecular formula is C19H19ClN4O2. The summed E-state index contributed by atoms with van der Waals surface area (Å²) in [5.41, 5.74) is 3.30. The van der Waals surface area contributed by atoms with Gasteiger partial charge in [0.1, 0.15) is 0 Å². The van der Waals surface area contributed by atoms with Gasteiger partial charge >= 0.3 is 0 Å². The third-order valence-electron chi connectivity index (χ3n) is 4.73. The first kappa shape index (κ1) is 16.8. The lowest BCUT2D eigenvalue weighted by atomic mass is 10.0. The maximum Gasteiger partial charge on any atom is 0.277 e. The average molecular weight is 371 g/mol. The molecule has 0 saturated heterocycles. The highest BCUT2D eigenvalue weighted by molar-refractivity contribution is 6.33. The van der Waals surface area contributed by atoms with E-state index < -0.39 is 0 Å². The number of hydrogen-bond acceptors (Lipinski definition) is 3. The number of H-pyrrole nitrogens is 1. The molecule has 3 aromatic rings. The zero-order valence-corrected chi connectivity index (χ0v) is 15.4. The summed E-state index contributed by atoms with van der Waals surface area (Å²) in [6.45, 7) is 4.63. The molecule has 0 unspecified atom stereocenters. The smallest absolute Gasteiger partial charge is 0.277 e. The molecule has 0 aliphatic carbocycles. The molecule has 1 N–H and O–H groups in total. The number of rotatable bonds is 2. The van der Waals surface area contributed by atoms with E-state index in [2.05, 4.69) is 10.1 Å². The minimum atomic E-state index is -0.162. The topological polar surface area (TPSA) is 70.5 Å².